The molecule has 2 amide bonds. The fourth-order valence-electron chi connectivity index (χ4n) is 1.95. The molecule has 21 heavy (non-hydrogen) atoms. The summed E-state index contributed by atoms with van der Waals surface area (Å²) >= 11 is 0. The number of carbonyl (C=O) groups is 2. The van der Waals surface area contributed by atoms with Crippen molar-refractivity contribution < 1.29 is 19.1 Å². The molecule has 110 valence electrons. The summed E-state index contributed by atoms with van der Waals surface area (Å²) in [6.07, 6.45) is 3.71. The minimum atomic E-state index is -0.719. The number of benzene rings is 1. The van der Waals surface area contributed by atoms with Crippen LogP contribution in [0.1, 0.15) is 18.9 Å². The van der Waals surface area contributed by atoms with Gasteiger partial charge in [-0.15, -0.1) is 12.3 Å². The molecule has 1 N–H and O–H groups in total. The highest BCUT2D eigenvalue weighted by Crippen LogP contribution is 2.19. The van der Waals surface area contributed by atoms with E-state index in [0.717, 1.165) is 10.6 Å². The summed E-state index contributed by atoms with van der Waals surface area (Å²) in [7, 11) is 0. The number of hydrazine groups is 1. The lowest BCUT2D eigenvalue weighted by molar-refractivity contribution is 0.100. The molecule has 6 nitrogen and oxygen atoms in total. The molecule has 0 bridgehead atoms. The highest BCUT2D eigenvalue weighted by atomic mass is 16.6. The van der Waals surface area contributed by atoms with Gasteiger partial charge in [0, 0.05) is 6.42 Å². The van der Waals surface area contributed by atoms with E-state index in [-0.39, 0.29) is 12.6 Å². The molecule has 1 aliphatic rings. The molecular formula is C15H16N2O4. The maximum absolute atomic E-state index is 11.7. The average Bonchev–Trinajstić information content (AvgIpc) is 2.74. The maximum atomic E-state index is 11.7. The van der Waals surface area contributed by atoms with Crippen LogP contribution in [0, 0.1) is 12.3 Å². The Labute approximate surface area is 123 Å². The molecule has 0 unspecified atom stereocenters. The van der Waals surface area contributed by atoms with Crippen LogP contribution in [0.5, 0.6) is 0 Å². The molecule has 6 heteroatoms. The number of hydrogen-bond acceptors (Lipinski definition) is 4. The van der Waals surface area contributed by atoms with Crippen molar-refractivity contribution in [2.24, 2.45) is 0 Å². The third kappa shape index (κ3) is 3.66. The molecule has 1 saturated heterocycles. The van der Waals surface area contributed by atoms with Gasteiger partial charge < -0.3 is 9.47 Å². The van der Waals surface area contributed by atoms with Gasteiger partial charge in [0.15, 0.2) is 0 Å². The van der Waals surface area contributed by atoms with Crippen molar-refractivity contribution in [1.82, 2.24) is 10.4 Å². The van der Waals surface area contributed by atoms with Crippen LogP contribution in [0.15, 0.2) is 30.3 Å². The quantitative estimate of drug-likeness (QED) is 0.861. The van der Waals surface area contributed by atoms with Gasteiger partial charge in [0.25, 0.3) is 0 Å². The summed E-state index contributed by atoms with van der Waals surface area (Å²) in [5.74, 6) is 2.43. The van der Waals surface area contributed by atoms with Gasteiger partial charge in [-0.3, -0.25) is 0 Å². The Morgan fingerprint density at radius 3 is 2.86 bits per heavy atom. The van der Waals surface area contributed by atoms with Gasteiger partial charge in [0.2, 0.25) is 0 Å². The zero-order chi connectivity index (χ0) is 15.2. The average molecular weight is 288 g/mol. The van der Waals surface area contributed by atoms with Crippen molar-refractivity contribution in [2.45, 2.75) is 32.1 Å². The molecule has 0 saturated carbocycles. The van der Waals surface area contributed by atoms with E-state index in [1.165, 1.54) is 0 Å². The number of carbonyl (C=O) groups excluding carboxylic acids is 2. The molecule has 1 fully saturated rings. The monoisotopic (exact) mass is 288 g/mol. The summed E-state index contributed by atoms with van der Waals surface area (Å²) in [5, 5.41) is 1.09. The lowest BCUT2D eigenvalue weighted by Gasteiger charge is -2.20. The molecule has 0 radical (unpaired) electrons. The fraction of sp³-hybridized carbons (Fsp3) is 0.333. The summed E-state index contributed by atoms with van der Waals surface area (Å²) in [5.41, 5.74) is 3.22. The van der Waals surface area contributed by atoms with Gasteiger partial charge in [-0.25, -0.2) is 20.0 Å². The van der Waals surface area contributed by atoms with Crippen LogP contribution in [-0.2, 0) is 16.1 Å². The highest BCUT2D eigenvalue weighted by molar-refractivity contribution is 5.75. The molecule has 2 atom stereocenters. The van der Waals surface area contributed by atoms with Crippen LogP contribution in [0.2, 0.25) is 0 Å². The Kier molecular flexibility index (Phi) is 4.67. The van der Waals surface area contributed by atoms with Crippen LogP contribution in [0.3, 0.4) is 0 Å². The van der Waals surface area contributed by atoms with Crippen LogP contribution < -0.4 is 5.43 Å². The normalized spacial score (nSPS) is 20.6. The number of ether oxygens (including phenoxy) is 2. The molecule has 0 aromatic heterocycles. The van der Waals surface area contributed by atoms with Gasteiger partial charge in [0.1, 0.15) is 12.7 Å². The van der Waals surface area contributed by atoms with E-state index in [2.05, 4.69) is 11.3 Å². The van der Waals surface area contributed by atoms with Gasteiger partial charge in [-0.2, -0.15) is 0 Å². The first-order chi connectivity index (χ1) is 10.1. The van der Waals surface area contributed by atoms with Crippen molar-refractivity contribution in [3.8, 4) is 12.3 Å². The molecule has 1 aromatic carbocycles. The van der Waals surface area contributed by atoms with E-state index in [4.69, 9.17) is 15.9 Å². The third-order valence-electron chi connectivity index (χ3n) is 3.14. The van der Waals surface area contributed by atoms with E-state index in [1.54, 1.807) is 6.92 Å². The zero-order valence-electron chi connectivity index (χ0n) is 11.6. The molecule has 0 aliphatic carbocycles. The van der Waals surface area contributed by atoms with E-state index in [0.29, 0.717) is 6.42 Å². The van der Waals surface area contributed by atoms with Gasteiger partial charge in [-0.05, 0) is 12.5 Å². The zero-order valence-corrected chi connectivity index (χ0v) is 11.6. The van der Waals surface area contributed by atoms with Crippen molar-refractivity contribution in [2.75, 3.05) is 0 Å². The number of terminal acetylenes is 1. The van der Waals surface area contributed by atoms with Gasteiger partial charge >= 0.3 is 12.2 Å². The molecule has 1 heterocycles. The van der Waals surface area contributed by atoms with E-state index < -0.39 is 18.3 Å². The molecule has 0 spiro atoms. The predicted octanol–water partition coefficient (Wildman–Crippen LogP) is 2.06. The number of nitrogens with one attached hydrogen (secondary N) is 1. The van der Waals surface area contributed by atoms with Crippen molar-refractivity contribution in [1.29, 1.82) is 0 Å². The van der Waals surface area contributed by atoms with Crippen molar-refractivity contribution in [3.05, 3.63) is 35.9 Å². The number of nitrogens with zero attached hydrogens (tertiary/aromatic N) is 1. The topological polar surface area (TPSA) is 67.9 Å². The van der Waals surface area contributed by atoms with Crippen LogP contribution in [0.25, 0.3) is 0 Å². The number of rotatable bonds is 4. The van der Waals surface area contributed by atoms with Crippen LogP contribution >= 0.6 is 0 Å². The molecule has 2 rings (SSSR count). The Balaban J connectivity index is 1.85. The SMILES string of the molecule is C#CC[C@@H]1OC(=O)N(NC(=O)OCc2ccccc2)[C@@H]1C. The van der Waals surface area contributed by atoms with E-state index >= 15 is 0 Å². The molecule has 1 aromatic rings. The summed E-state index contributed by atoms with van der Waals surface area (Å²) in [6, 6.07) is 8.89. The fourth-order valence-corrected chi connectivity index (χ4v) is 1.95. The Morgan fingerprint density at radius 1 is 1.48 bits per heavy atom. The summed E-state index contributed by atoms with van der Waals surface area (Å²) in [6.45, 7) is 1.86. The first kappa shape index (κ1) is 14.7. The second-order valence-electron chi connectivity index (χ2n) is 4.61. The second-order valence-corrected chi connectivity index (χ2v) is 4.61. The van der Waals surface area contributed by atoms with Gasteiger partial charge in [0.05, 0.1) is 6.04 Å². The molecule has 1 aliphatic heterocycles. The minimum absolute atomic E-state index is 0.123. The number of cyclic esters (lactones) is 1. The molecular weight excluding hydrogens is 272 g/mol. The highest BCUT2D eigenvalue weighted by Gasteiger charge is 2.39. The summed E-state index contributed by atoms with van der Waals surface area (Å²) < 4.78 is 10.1. The first-order valence-corrected chi connectivity index (χ1v) is 6.52. The standard InChI is InChI=1S/C15H16N2O4/c1-3-7-13-11(2)17(15(19)21-13)16-14(18)20-10-12-8-5-4-6-9-12/h1,4-6,8-9,11,13H,7,10H2,2H3,(H,16,18)/t11-,13+/m1/s1. The Bertz CT molecular complexity index is 553. The van der Waals surface area contributed by atoms with Gasteiger partial charge in [-0.1, -0.05) is 30.3 Å². The first-order valence-electron chi connectivity index (χ1n) is 6.52. The summed E-state index contributed by atoms with van der Waals surface area (Å²) in [4.78, 5) is 23.3. The Hall–Kier alpha value is -2.68. The predicted molar refractivity (Wildman–Crippen MR) is 74.8 cm³/mol. The number of hydrogen-bond donors (Lipinski definition) is 1. The lowest BCUT2D eigenvalue weighted by atomic mass is 10.1. The van der Waals surface area contributed by atoms with Crippen molar-refractivity contribution >= 4 is 12.2 Å². The van der Waals surface area contributed by atoms with Crippen LogP contribution in [0.4, 0.5) is 9.59 Å². The maximum Gasteiger partial charge on any atom is 0.429 e. The van der Waals surface area contributed by atoms with E-state index in [9.17, 15) is 9.59 Å². The minimum Gasteiger partial charge on any atom is -0.443 e. The number of amides is 2. The largest absolute Gasteiger partial charge is 0.443 e. The lowest BCUT2D eigenvalue weighted by Crippen LogP contribution is -2.47. The van der Waals surface area contributed by atoms with E-state index in [1.807, 2.05) is 30.3 Å². The Morgan fingerprint density at radius 2 is 2.19 bits per heavy atom. The second kappa shape index (κ2) is 6.66. The smallest absolute Gasteiger partial charge is 0.429 e. The van der Waals surface area contributed by atoms with Crippen molar-refractivity contribution in [3.63, 3.8) is 0 Å². The third-order valence-corrected chi connectivity index (χ3v) is 3.14. The van der Waals surface area contributed by atoms with Crippen LogP contribution in [-0.4, -0.2) is 29.3 Å².